The third-order valence-corrected chi connectivity index (χ3v) is 5.07. The molecule has 0 aromatic rings. The summed E-state index contributed by atoms with van der Waals surface area (Å²) in [4.78, 5) is 12.4. The minimum Gasteiger partial charge on any atom is -0.353 e. The Balaban J connectivity index is 4.17. The van der Waals surface area contributed by atoms with Crippen LogP contribution in [0, 0.1) is 11.8 Å². The Morgan fingerprint density at radius 2 is 1.17 bits per heavy atom. The molecule has 0 saturated heterocycles. The van der Waals surface area contributed by atoms with Crippen molar-refractivity contribution in [2.24, 2.45) is 11.8 Å². The molecule has 23 heavy (non-hydrogen) atoms. The van der Waals surface area contributed by atoms with E-state index in [9.17, 15) is 4.79 Å². The van der Waals surface area contributed by atoms with Crippen LogP contribution in [0.2, 0.25) is 0 Å². The third-order valence-electron chi connectivity index (χ3n) is 5.07. The molecular formula is C21H43NO. The van der Waals surface area contributed by atoms with E-state index in [4.69, 9.17) is 0 Å². The molecule has 0 aromatic carbocycles. The molecule has 138 valence electrons. The van der Waals surface area contributed by atoms with Crippen LogP contribution >= 0.6 is 0 Å². The van der Waals surface area contributed by atoms with Crippen LogP contribution in [0.15, 0.2) is 0 Å². The minimum atomic E-state index is 0.123. The second-order valence-corrected chi connectivity index (χ2v) is 7.64. The summed E-state index contributed by atoms with van der Waals surface area (Å²) in [6, 6.07) is 0.395. The molecule has 0 heterocycles. The van der Waals surface area contributed by atoms with Crippen LogP contribution in [-0.2, 0) is 4.79 Å². The summed E-state index contributed by atoms with van der Waals surface area (Å²) in [6.07, 6.45) is 15.4. The van der Waals surface area contributed by atoms with Crippen LogP contribution in [0.5, 0.6) is 0 Å². The molecule has 1 unspecified atom stereocenters. The summed E-state index contributed by atoms with van der Waals surface area (Å²) in [5, 5.41) is 3.34. The predicted octanol–water partition coefficient (Wildman–Crippen LogP) is 6.48. The van der Waals surface area contributed by atoms with E-state index < -0.39 is 0 Å². The first kappa shape index (κ1) is 22.5. The smallest absolute Gasteiger partial charge is 0.223 e. The van der Waals surface area contributed by atoms with Crippen molar-refractivity contribution in [3.8, 4) is 0 Å². The molecule has 1 atom stereocenters. The van der Waals surface area contributed by atoms with E-state index >= 15 is 0 Å². The number of hydrogen-bond acceptors (Lipinski definition) is 1. The first-order valence-electron chi connectivity index (χ1n) is 10.3. The van der Waals surface area contributed by atoms with Crippen molar-refractivity contribution in [1.82, 2.24) is 5.32 Å². The average molecular weight is 326 g/mol. The summed E-state index contributed by atoms with van der Waals surface area (Å²) < 4.78 is 0. The zero-order valence-electron chi connectivity index (χ0n) is 16.6. The van der Waals surface area contributed by atoms with E-state index in [1.54, 1.807) is 0 Å². The van der Waals surface area contributed by atoms with Crippen LogP contribution in [0.3, 0.4) is 0 Å². The Labute approximate surface area is 146 Å². The SMILES string of the molecule is CCCCCCCC(CCCCCCC)NC(=O)C(C)C(C)C. The van der Waals surface area contributed by atoms with E-state index in [0.717, 1.165) is 12.8 Å². The van der Waals surface area contributed by atoms with Gasteiger partial charge in [-0.3, -0.25) is 4.79 Å². The largest absolute Gasteiger partial charge is 0.353 e. The molecule has 0 saturated carbocycles. The van der Waals surface area contributed by atoms with Gasteiger partial charge in [-0.25, -0.2) is 0 Å². The maximum absolute atomic E-state index is 12.4. The molecule has 0 aliphatic carbocycles. The summed E-state index contributed by atoms with van der Waals surface area (Å²) >= 11 is 0. The van der Waals surface area contributed by atoms with E-state index in [1.807, 2.05) is 0 Å². The van der Waals surface area contributed by atoms with E-state index in [2.05, 4.69) is 39.9 Å². The van der Waals surface area contributed by atoms with Crippen molar-refractivity contribution in [3.63, 3.8) is 0 Å². The van der Waals surface area contributed by atoms with E-state index in [0.29, 0.717) is 12.0 Å². The second kappa shape index (κ2) is 15.0. The zero-order chi connectivity index (χ0) is 17.5. The first-order valence-corrected chi connectivity index (χ1v) is 10.3. The summed E-state index contributed by atoms with van der Waals surface area (Å²) in [6.45, 7) is 10.8. The fourth-order valence-corrected chi connectivity index (χ4v) is 2.91. The zero-order valence-corrected chi connectivity index (χ0v) is 16.6. The fourth-order valence-electron chi connectivity index (χ4n) is 2.91. The maximum atomic E-state index is 12.4. The highest BCUT2D eigenvalue weighted by atomic mass is 16.1. The van der Waals surface area contributed by atoms with Crippen molar-refractivity contribution in [2.75, 3.05) is 0 Å². The van der Waals surface area contributed by atoms with Crippen molar-refractivity contribution in [3.05, 3.63) is 0 Å². The Hall–Kier alpha value is -0.530. The first-order chi connectivity index (χ1) is 11.0. The lowest BCUT2D eigenvalue weighted by Gasteiger charge is -2.23. The van der Waals surface area contributed by atoms with Gasteiger partial charge >= 0.3 is 0 Å². The quantitative estimate of drug-likeness (QED) is 0.343. The van der Waals surface area contributed by atoms with Crippen LogP contribution < -0.4 is 5.32 Å². The lowest BCUT2D eigenvalue weighted by atomic mass is 9.95. The topological polar surface area (TPSA) is 29.1 Å². The normalized spacial score (nSPS) is 12.8. The minimum absolute atomic E-state index is 0.123. The predicted molar refractivity (Wildman–Crippen MR) is 103 cm³/mol. The molecule has 0 bridgehead atoms. The number of rotatable bonds is 15. The Kier molecular flexibility index (Phi) is 14.7. The number of unbranched alkanes of at least 4 members (excludes halogenated alkanes) is 8. The van der Waals surface area contributed by atoms with Crippen LogP contribution in [0.25, 0.3) is 0 Å². The lowest BCUT2D eigenvalue weighted by molar-refractivity contribution is -0.126. The van der Waals surface area contributed by atoms with Crippen molar-refractivity contribution < 1.29 is 4.79 Å². The van der Waals surface area contributed by atoms with Crippen LogP contribution in [0.4, 0.5) is 0 Å². The summed E-state index contributed by atoms with van der Waals surface area (Å²) in [7, 11) is 0. The van der Waals surface area contributed by atoms with Gasteiger partial charge in [0.2, 0.25) is 5.91 Å². The molecule has 0 aliphatic heterocycles. The van der Waals surface area contributed by atoms with Gasteiger partial charge in [0.15, 0.2) is 0 Å². The molecule has 1 N–H and O–H groups in total. The Bertz CT molecular complexity index is 261. The van der Waals surface area contributed by atoms with Crippen molar-refractivity contribution >= 4 is 5.91 Å². The Morgan fingerprint density at radius 3 is 1.57 bits per heavy atom. The molecule has 0 aliphatic rings. The molecule has 2 nitrogen and oxygen atoms in total. The van der Waals surface area contributed by atoms with Gasteiger partial charge in [0.25, 0.3) is 0 Å². The molecule has 1 amide bonds. The third kappa shape index (κ3) is 12.5. The van der Waals surface area contributed by atoms with Gasteiger partial charge < -0.3 is 5.32 Å². The fraction of sp³-hybridized carbons (Fsp3) is 0.952. The van der Waals surface area contributed by atoms with Gasteiger partial charge in [-0.2, -0.15) is 0 Å². The Morgan fingerprint density at radius 1 is 0.739 bits per heavy atom. The molecule has 0 fully saturated rings. The van der Waals surface area contributed by atoms with Gasteiger partial charge in [0, 0.05) is 12.0 Å². The monoisotopic (exact) mass is 325 g/mol. The van der Waals surface area contributed by atoms with Gasteiger partial charge in [-0.1, -0.05) is 98.8 Å². The van der Waals surface area contributed by atoms with E-state index in [1.165, 1.54) is 64.2 Å². The van der Waals surface area contributed by atoms with Crippen molar-refractivity contribution in [1.29, 1.82) is 0 Å². The van der Waals surface area contributed by atoms with Crippen LogP contribution in [-0.4, -0.2) is 11.9 Å². The lowest BCUT2D eigenvalue weighted by Crippen LogP contribution is -2.39. The highest BCUT2D eigenvalue weighted by Crippen LogP contribution is 2.16. The molecule has 0 spiro atoms. The van der Waals surface area contributed by atoms with Crippen LogP contribution in [0.1, 0.15) is 112 Å². The highest BCUT2D eigenvalue weighted by Gasteiger charge is 2.19. The van der Waals surface area contributed by atoms with E-state index in [-0.39, 0.29) is 11.8 Å². The number of nitrogens with one attached hydrogen (secondary N) is 1. The molecule has 2 heteroatoms. The number of carbonyl (C=O) groups excluding carboxylic acids is 1. The highest BCUT2D eigenvalue weighted by molar-refractivity contribution is 5.78. The second-order valence-electron chi connectivity index (χ2n) is 7.64. The molecule has 0 rings (SSSR count). The van der Waals surface area contributed by atoms with Gasteiger partial charge in [0.1, 0.15) is 0 Å². The number of amides is 1. The van der Waals surface area contributed by atoms with Crippen molar-refractivity contribution in [2.45, 2.75) is 118 Å². The van der Waals surface area contributed by atoms with Gasteiger partial charge in [0.05, 0.1) is 0 Å². The maximum Gasteiger partial charge on any atom is 0.223 e. The molecule has 0 radical (unpaired) electrons. The standard InChI is InChI=1S/C21H43NO/c1-6-8-10-12-14-16-20(17-15-13-11-9-7-2)22-21(23)19(5)18(3)4/h18-20H,6-17H2,1-5H3,(H,22,23). The summed E-state index contributed by atoms with van der Waals surface area (Å²) in [5.41, 5.74) is 0. The molecule has 0 aromatic heterocycles. The van der Waals surface area contributed by atoms with Gasteiger partial charge in [-0.05, 0) is 18.8 Å². The average Bonchev–Trinajstić information content (AvgIpc) is 2.53. The molecular weight excluding hydrogens is 282 g/mol. The number of hydrogen-bond donors (Lipinski definition) is 1. The number of carbonyl (C=O) groups is 1. The van der Waals surface area contributed by atoms with Gasteiger partial charge in [-0.15, -0.1) is 0 Å². The summed E-state index contributed by atoms with van der Waals surface area (Å²) in [5.74, 6) is 0.801.